The number of imidazole rings is 1. The first-order chi connectivity index (χ1) is 16.6. The Bertz CT molecular complexity index is 1170. The number of benzene rings is 1. The highest BCUT2D eigenvalue weighted by Crippen LogP contribution is 2.25. The summed E-state index contributed by atoms with van der Waals surface area (Å²) in [5.74, 6) is 0.730. The lowest BCUT2D eigenvalue weighted by Gasteiger charge is -2.21. The van der Waals surface area contributed by atoms with Gasteiger partial charge in [-0.05, 0) is 50.4 Å². The van der Waals surface area contributed by atoms with Gasteiger partial charge in [-0.15, -0.1) is 6.58 Å². The fourth-order valence-electron chi connectivity index (χ4n) is 3.96. The molecular formula is C27H37N7. The van der Waals surface area contributed by atoms with Crippen molar-refractivity contribution in [2.75, 3.05) is 11.9 Å². The second kappa shape index (κ2) is 12.7. The van der Waals surface area contributed by atoms with Crippen LogP contribution in [-0.4, -0.2) is 36.7 Å². The second-order valence-corrected chi connectivity index (χ2v) is 8.18. The summed E-state index contributed by atoms with van der Waals surface area (Å²) < 4.78 is 3.80. The largest absolute Gasteiger partial charge is 0.337 e. The van der Waals surface area contributed by atoms with Gasteiger partial charge in [-0.25, -0.2) is 9.97 Å². The van der Waals surface area contributed by atoms with Gasteiger partial charge in [0.2, 0.25) is 0 Å². The third-order valence-corrected chi connectivity index (χ3v) is 5.57. The van der Waals surface area contributed by atoms with Gasteiger partial charge in [0.25, 0.3) is 0 Å². The number of fused-ring (bicyclic) bond motifs is 1. The highest BCUT2D eigenvalue weighted by Gasteiger charge is 2.12. The van der Waals surface area contributed by atoms with Crippen molar-refractivity contribution in [3.63, 3.8) is 0 Å². The van der Waals surface area contributed by atoms with Crippen molar-refractivity contribution >= 4 is 17.2 Å². The van der Waals surface area contributed by atoms with Crippen LogP contribution in [0.2, 0.25) is 0 Å². The van der Waals surface area contributed by atoms with Gasteiger partial charge < -0.3 is 10.6 Å². The molecule has 34 heavy (non-hydrogen) atoms. The topological polar surface area (TPSA) is 72.1 Å². The van der Waals surface area contributed by atoms with Gasteiger partial charge in [-0.1, -0.05) is 38.5 Å². The van der Waals surface area contributed by atoms with Crippen molar-refractivity contribution in [3.05, 3.63) is 73.5 Å². The van der Waals surface area contributed by atoms with Crippen LogP contribution in [0.5, 0.6) is 0 Å². The van der Waals surface area contributed by atoms with Crippen LogP contribution < -0.4 is 10.6 Å². The molecule has 0 aliphatic carbocycles. The van der Waals surface area contributed by atoms with E-state index in [2.05, 4.69) is 51.3 Å². The quantitative estimate of drug-likeness (QED) is 0.363. The van der Waals surface area contributed by atoms with Crippen LogP contribution in [0, 0.1) is 6.92 Å². The monoisotopic (exact) mass is 459 g/mol. The van der Waals surface area contributed by atoms with Gasteiger partial charge in [0.05, 0.1) is 18.1 Å². The molecule has 4 aromatic rings. The number of anilines is 2. The normalized spacial score (nSPS) is 15.0. The molecule has 3 aromatic heterocycles. The van der Waals surface area contributed by atoms with Gasteiger partial charge in [0.1, 0.15) is 0 Å². The molecule has 7 heteroatoms. The number of rotatable bonds is 5. The first-order valence-corrected chi connectivity index (χ1v) is 12.1. The van der Waals surface area contributed by atoms with Gasteiger partial charge in [-0.3, -0.25) is 9.08 Å². The fraction of sp³-hybridized carbons (Fsp3) is 0.370. The smallest absolute Gasteiger partial charge is 0.180 e. The summed E-state index contributed by atoms with van der Waals surface area (Å²) in [5.41, 5.74) is 4.99. The summed E-state index contributed by atoms with van der Waals surface area (Å²) >= 11 is 0. The average molecular weight is 460 g/mol. The SMILES string of the molecule is C=CCC1CCCCN1.CC.Cc1cccc(Nc2nccn3c(-c4cnn(C)c4)cnc23)c1. The third kappa shape index (κ3) is 6.54. The maximum absolute atomic E-state index is 4.52. The van der Waals surface area contributed by atoms with E-state index in [4.69, 9.17) is 0 Å². The molecule has 0 bridgehead atoms. The molecule has 4 heterocycles. The average Bonchev–Trinajstić information content (AvgIpc) is 3.48. The van der Waals surface area contributed by atoms with Crippen molar-refractivity contribution in [3.8, 4) is 11.3 Å². The first-order valence-electron chi connectivity index (χ1n) is 12.1. The van der Waals surface area contributed by atoms with Crippen molar-refractivity contribution < 1.29 is 0 Å². The molecule has 2 N–H and O–H groups in total. The number of hydrogen-bond donors (Lipinski definition) is 2. The van der Waals surface area contributed by atoms with E-state index >= 15 is 0 Å². The van der Waals surface area contributed by atoms with E-state index in [0.29, 0.717) is 0 Å². The van der Waals surface area contributed by atoms with E-state index in [-0.39, 0.29) is 0 Å². The maximum Gasteiger partial charge on any atom is 0.180 e. The lowest BCUT2D eigenvalue weighted by Crippen LogP contribution is -2.33. The van der Waals surface area contributed by atoms with Gasteiger partial charge in [0.15, 0.2) is 11.5 Å². The van der Waals surface area contributed by atoms with E-state index in [1.165, 1.54) is 31.4 Å². The van der Waals surface area contributed by atoms with Crippen LogP contribution >= 0.6 is 0 Å². The molecule has 1 unspecified atom stereocenters. The standard InChI is InChI=1S/C17H16N6.C8H15N.C2H6/c1-12-4-3-5-14(8-12)21-16-17-19-10-15(23(17)7-6-18-16)13-9-20-22(2)11-13;1-2-5-8-6-3-4-7-9-8;1-2/h3-11H,1-2H3,(H,18,21);2,8-9H,1,3-7H2;1-2H3. The van der Waals surface area contributed by atoms with Crippen LogP contribution in [-0.2, 0) is 7.05 Å². The highest BCUT2D eigenvalue weighted by molar-refractivity contribution is 5.74. The Kier molecular flexibility index (Phi) is 9.40. The molecule has 1 aliphatic heterocycles. The van der Waals surface area contributed by atoms with Gasteiger partial charge >= 0.3 is 0 Å². The summed E-state index contributed by atoms with van der Waals surface area (Å²) in [7, 11) is 1.90. The molecule has 1 saturated heterocycles. The molecule has 0 radical (unpaired) electrons. The Morgan fingerprint density at radius 2 is 2.06 bits per heavy atom. The molecule has 0 spiro atoms. The van der Waals surface area contributed by atoms with Crippen LogP contribution in [0.1, 0.15) is 45.1 Å². The Morgan fingerprint density at radius 3 is 2.74 bits per heavy atom. The Balaban J connectivity index is 0.000000248. The third-order valence-electron chi connectivity index (χ3n) is 5.57. The molecule has 7 nitrogen and oxygen atoms in total. The van der Waals surface area contributed by atoms with Crippen molar-refractivity contribution in [1.82, 2.24) is 29.5 Å². The minimum atomic E-state index is 0.730. The molecule has 1 aromatic carbocycles. The molecule has 1 atom stereocenters. The van der Waals surface area contributed by atoms with Crippen molar-refractivity contribution in [2.24, 2.45) is 7.05 Å². The van der Waals surface area contributed by atoms with Gasteiger partial charge in [0, 0.05) is 42.9 Å². The molecule has 5 rings (SSSR count). The molecule has 1 aliphatic rings. The maximum atomic E-state index is 4.52. The van der Waals surface area contributed by atoms with E-state index in [1.807, 2.05) is 68.3 Å². The zero-order valence-corrected chi connectivity index (χ0v) is 20.8. The van der Waals surface area contributed by atoms with Crippen molar-refractivity contribution in [1.29, 1.82) is 0 Å². The minimum Gasteiger partial charge on any atom is -0.337 e. The Morgan fingerprint density at radius 1 is 1.21 bits per heavy atom. The molecule has 0 saturated carbocycles. The summed E-state index contributed by atoms with van der Waals surface area (Å²) in [6.07, 6.45) is 16.6. The lowest BCUT2D eigenvalue weighted by molar-refractivity contribution is 0.404. The highest BCUT2D eigenvalue weighted by atomic mass is 15.2. The number of piperidine rings is 1. The molecule has 0 amide bonds. The van der Waals surface area contributed by atoms with E-state index in [1.54, 1.807) is 10.9 Å². The van der Waals surface area contributed by atoms with Crippen LogP contribution in [0.25, 0.3) is 16.9 Å². The predicted octanol–water partition coefficient (Wildman–Crippen LogP) is 5.91. The van der Waals surface area contributed by atoms with E-state index in [0.717, 1.165) is 40.9 Å². The zero-order valence-electron chi connectivity index (χ0n) is 20.8. The number of aryl methyl sites for hydroxylation is 2. The number of hydrogen-bond acceptors (Lipinski definition) is 5. The Labute approximate surface area is 203 Å². The summed E-state index contributed by atoms with van der Waals surface area (Å²) in [4.78, 5) is 8.95. The molecule has 1 fully saturated rings. The Hall–Kier alpha value is -3.45. The number of nitrogens with one attached hydrogen (secondary N) is 2. The molecule has 180 valence electrons. The summed E-state index contributed by atoms with van der Waals surface area (Å²) in [6.45, 7) is 11.0. The van der Waals surface area contributed by atoms with E-state index < -0.39 is 0 Å². The minimum absolute atomic E-state index is 0.730. The summed E-state index contributed by atoms with van der Waals surface area (Å²) in [5, 5.41) is 11.0. The second-order valence-electron chi connectivity index (χ2n) is 8.18. The summed E-state index contributed by atoms with van der Waals surface area (Å²) in [6, 6.07) is 8.91. The van der Waals surface area contributed by atoms with Crippen LogP contribution in [0.4, 0.5) is 11.5 Å². The van der Waals surface area contributed by atoms with Gasteiger partial charge in [-0.2, -0.15) is 5.10 Å². The van der Waals surface area contributed by atoms with Crippen LogP contribution in [0.3, 0.4) is 0 Å². The van der Waals surface area contributed by atoms with Crippen LogP contribution in [0.15, 0.2) is 67.9 Å². The molecular weight excluding hydrogens is 422 g/mol. The number of aromatic nitrogens is 5. The predicted molar refractivity (Wildman–Crippen MR) is 141 cm³/mol. The van der Waals surface area contributed by atoms with E-state index in [9.17, 15) is 0 Å². The fourth-order valence-corrected chi connectivity index (χ4v) is 3.96. The zero-order chi connectivity index (χ0) is 24.3. The first kappa shape index (κ1) is 25.2. The lowest BCUT2D eigenvalue weighted by atomic mass is 10.0. The van der Waals surface area contributed by atoms with Crippen molar-refractivity contribution in [2.45, 2.75) is 52.5 Å². The number of nitrogens with zero attached hydrogens (tertiary/aromatic N) is 5.